The molecule has 6 unspecified atom stereocenters. The maximum absolute atomic E-state index is 12.9. The van der Waals surface area contributed by atoms with E-state index in [1.807, 2.05) is 35.0 Å². The Bertz CT molecular complexity index is 656. The second-order valence-corrected chi connectivity index (χ2v) is 11.6. The fourth-order valence-electron chi connectivity index (χ4n) is 5.28. The highest BCUT2D eigenvalue weighted by Crippen LogP contribution is 2.35. The molecule has 1 saturated heterocycles. The van der Waals surface area contributed by atoms with Crippen molar-refractivity contribution in [1.29, 1.82) is 0 Å². The van der Waals surface area contributed by atoms with Gasteiger partial charge in [-0.1, -0.05) is 20.8 Å². The smallest absolute Gasteiger partial charge is 0.172 e. The summed E-state index contributed by atoms with van der Waals surface area (Å²) in [6, 6.07) is 0.249. The van der Waals surface area contributed by atoms with Crippen LogP contribution in [-0.2, 0) is 14.3 Å². The lowest BCUT2D eigenvalue weighted by molar-refractivity contribution is -0.267. The van der Waals surface area contributed by atoms with Crippen LogP contribution in [0.1, 0.15) is 67.7 Å². The predicted octanol–water partition coefficient (Wildman–Crippen LogP) is 1.16. The molecule has 0 aromatic heterocycles. The predicted molar refractivity (Wildman–Crippen MR) is 136 cm³/mol. The first kappa shape index (κ1) is 32.4. The van der Waals surface area contributed by atoms with Crippen LogP contribution in [0, 0.1) is 17.8 Å². The molecule has 0 amide bonds. The van der Waals surface area contributed by atoms with Crippen molar-refractivity contribution in [3.63, 3.8) is 0 Å². The normalized spacial score (nSPS) is 30.0. The number of rotatable bonds is 14. The van der Waals surface area contributed by atoms with Crippen molar-refractivity contribution in [3.8, 4) is 0 Å². The monoisotopic (exact) mass is 504 g/mol. The van der Waals surface area contributed by atoms with Crippen LogP contribution >= 0.6 is 0 Å². The van der Waals surface area contributed by atoms with Gasteiger partial charge in [0.1, 0.15) is 5.60 Å². The highest BCUT2D eigenvalue weighted by atomic mass is 16.7. The second-order valence-electron chi connectivity index (χ2n) is 11.6. The third kappa shape index (κ3) is 8.71. The Morgan fingerprint density at radius 1 is 1.14 bits per heavy atom. The lowest BCUT2D eigenvalue weighted by Gasteiger charge is -2.45. The number of nitrogens with zero attached hydrogens (tertiary/aromatic N) is 1. The number of nitrogens with one attached hydrogen (secondary N) is 1. The zero-order valence-corrected chi connectivity index (χ0v) is 23.5. The molecule has 0 bridgehead atoms. The molecule has 0 spiro atoms. The molecule has 0 aromatic rings. The first-order chi connectivity index (χ1) is 15.9. The van der Waals surface area contributed by atoms with Crippen molar-refractivity contribution in [2.24, 2.45) is 17.8 Å². The highest BCUT2D eigenvalue weighted by Gasteiger charge is 2.47. The molecule has 208 valence electrons. The van der Waals surface area contributed by atoms with Crippen LogP contribution in [0.5, 0.6) is 0 Å². The molecule has 0 saturated carbocycles. The van der Waals surface area contributed by atoms with Gasteiger partial charge in [-0.05, 0) is 74.1 Å². The average Bonchev–Trinajstić information content (AvgIpc) is 2.74. The SMILES string of the molecule is CNC[C@H](C)C[C@@](C)(O)[C@H](OC1CC(N(C)C)CC(C)O1)[C@@H](C)[C@H](O)C(C)C(=O)C(C)(O)C(C)O. The summed E-state index contributed by atoms with van der Waals surface area (Å²) in [4.78, 5) is 15.1. The van der Waals surface area contributed by atoms with Crippen LogP contribution in [0.4, 0.5) is 0 Å². The molecule has 9 nitrogen and oxygen atoms in total. The summed E-state index contributed by atoms with van der Waals surface area (Å²) in [6.07, 6.45) is -2.09. The second kappa shape index (κ2) is 13.2. The molecule has 0 aromatic carbocycles. The Balaban J connectivity index is 3.23. The van der Waals surface area contributed by atoms with Gasteiger partial charge in [-0.2, -0.15) is 0 Å². The van der Waals surface area contributed by atoms with Crippen molar-refractivity contribution < 1.29 is 34.7 Å². The Morgan fingerprint density at radius 3 is 2.20 bits per heavy atom. The summed E-state index contributed by atoms with van der Waals surface area (Å²) >= 11 is 0. The van der Waals surface area contributed by atoms with Gasteiger partial charge >= 0.3 is 0 Å². The van der Waals surface area contributed by atoms with Crippen LogP contribution in [0.25, 0.3) is 0 Å². The average molecular weight is 505 g/mol. The van der Waals surface area contributed by atoms with E-state index in [9.17, 15) is 25.2 Å². The summed E-state index contributed by atoms with van der Waals surface area (Å²) in [5, 5.41) is 46.3. The molecule has 5 N–H and O–H groups in total. The minimum atomic E-state index is -2.00. The number of aliphatic hydroxyl groups excluding tert-OH is 2. The molecule has 1 heterocycles. The first-order valence-corrected chi connectivity index (χ1v) is 12.9. The maximum Gasteiger partial charge on any atom is 0.172 e. The fraction of sp³-hybridized carbons (Fsp3) is 0.962. The van der Waals surface area contributed by atoms with Crippen LogP contribution < -0.4 is 5.32 Å². The molecule has 35 heavy (non-hydrogen) atoms. The van der Waals surface area contributed by atoms with Gasteiger partial charge in [0, 0.05) is 24.3 Å². The molecular weight excluding hydrogens is 452 g/mol. The number of hydrogen-bond donors (Lipinski definition) is 5. The highest BCUT2D eigenvalue weighted by molar-refractivity contribution is 5.89. The van der Waals surface area contributed by atoms with Gasteiger partial charge in [-0.15, -0.1) is 0 Å². The number of aliphatic hydroxyl groups is 4. The summed E-state index contributed by atoms with van der Waals surface area (Å²) < 4.78 is 12.5. The number of carbonyl (C=O) groups excluding carboxylic acids is 1. The van der Waals surface area contributed by atoms with Gasteiger partial charge in [0.05, 0.1) is 30.0 Å². The van der Waals surface area contributed by atoms with Crippen molar-refractivity contribution in [3.05, 3.63) is 0 Å². The molecule has 0 radical (unpaired) electrons. The number of Topliss-reactive ketones (excluding diaryl/α,β-unsaturated/α-hetero) is 1. The summed E-state index contributed by atoms with van der Waals surface area (Å²) in [7, 11) is 5.88. The molecule has 1 aliphatic heterocycles. The van der Waals surface area contributed by atoms with E-state index >= 15 is 0 Å². The quantitative estimate of drug-likeness (QED) is 0.236. The molecule has 1 aliphatic rings. The van der Waals surface area contributed by atoms with E-state index in [-0.39, 0.29) is 18.1 Å². The lowest BCUT2D eigenvalue weighted by Crippen LogP contribution is -2.56. The van der Waals surface area contributed by atoms with Crippen molar-refractivity contribution in [2.75, 3.05) is 27.7 Å². The zero-order chi connectivity index (χ0) is 27.3. The van der Waals surface area contributed by atoms with Crippen LogP contribution in [0.3, 0.4) is 0 Å². The van der Waals surface area contributed by atoms with E-state index in [2.05, 4.69) is 10.2 Å². The number of ketones is 1. The Morgan fingerprint density at radius 2 is 1.71 bits per heavy atom. The maximum atomic E-state index is 12.9. The van der Waals surface area contributed by atoms with E-state index in [1.54, 1.807) is 13.8 Å². The minimum absolute atomic E-state index is 0.0307. The fourth-order valence-corrected chi connectivity index (χ4v) is 5.28. The van der Waals surface area contributed by atoms with Gasteiger partial charge in [0.25, 0.3) is 0 Å². The Kier molecular flexibility index (Phi) is 12.2. The molecule has 9 heteroatoms. The van der Waals surface area contributed by atoms with Gasteiger partial charge in [-0.25, -0.2) is 0 Å². The standard InChI is InChI=1S/C26H52N2O7/c1-15(14-27-8)13-25(6,32)24(35-21-12-20(28(9)10)11-16(2)34-21)18(4)22(30)17(3)23(31)26(7,33)19(5)29/h15-22,24,27,29-30,32-33H,11-14H2,1-10H3/t15-,16?,17?,18+,19?,20?,21?,22-,24-,25-,26?/m1/s1. The summed E-state index contributed by atoms with van der Waals surface area (Å²) in [5.74, 6) is -2.20. The first-order valence-electron chi connectivity index (χ1n) is 12.9. The Labute approximate surface area is 212 Å². The van der Waals surface area contributed by atoms with Crippen molar-refractivity contribution in [1.82, 2.24) is 10.2 Å². The summed E-state index contributed by atoms with van der Waals surface area (Å²) in [6.45, 7) is 12.3. The molecule has 1 fully saturated rings. The molecular formula is C26H52N2O7. The lowest BCUT2D eigenvalue weighted by atomic mass is 9.75. The van der Waals surface area contributed by atoms with E-state index < -0.39 is 53.4 Å². The van der Waals surface area contributed by atoms with E-state index in [0.717, 1.165) is 6.42 Å². The summed E-state index contributed by atoms with van der Waals surface area (Å²) in [5.41, 5.74) is -3.33. The zero-order valence-electron chi connectivity index (χ0n) is 23.5. The van der Waals surface area contributed by atoms with E-state index in [4.69, 9.17) is 9.47 Å². The van der Waals surface area contributed by atoms with Gasteiger partial charge < -0.3 is 40.1 Å². The molecule has 0 aliphatic carbocycles. The topological polar surface area (TPSA) is 132 Å². The van der Waals surface area contributed by atoms with Crippen LogP contribution in [0.15, 0.2) is 0 Å². The number of hydrogen-bond acceptors (Lipinski definition) is 9. The van der Waals surface area contributed by atoms with Crippen molar-refractivity contribution in [2.45, 2.75) is 116 Å². The van der Waals surface area contributed by atoms with Gasteiger partial charge in [0.15, 0.2) is 12.1 Å². The van der Waals surface area contributed by atoms with Crippen LogP contribution in [0.2, 0.25) is 0 Å². The van der Waals surface area contributed by atoms with E-state index in [0.29, 0.717) is 19.4 Å². The number of carbonyl (C=O) groups is 1. The van der Waals surface area contributed by atoms with Gasteiger partial charge in [-0.3, -0.25) is 4.79 Å². The molecule has 11 atom stereocenters. The molecule has 1 rings (SSSR count). The largest absolute Gasteiger partial charge is 0.392 e. The minimum Gasteiger partial charge on any atom is -0.392 e. The number of ether oxygens (including phenoxy) is 2. The third-order valence-electron chi connectivity index (χ3n) is 7.66. The third-order valence-corrected chi connectivity index (χ3v) is 7.66. The van der Waals surface area contributed by atoms with Crippen molar-refractivity contribution >= 4 is 5.78 Å². The van der Waals surface area contributed by atoms with Crippen LogP contribution in [-0.4, -0.2) is 107 Å². The van der Waals surface area contributed by atoms with E-state index in [1.165, 1.54) is 20.8 Å². The Hall–Kier alpha value is -0.650. The van der Waals surface area contributed by atoms with Gasteiger partial charge in [0.2, 0.25) is 0 Å².